The van der Waals surface area contributed by atoms with Gasteiger partial charge in [-0.15, -0.1) is 0 Å². The van der Waals surface area contributed by atoms with E-state index in [0.717, 1.165) is 31.1 Å². The van der Waals surface area contributed by atoms with Crippen LogP contribution in [0.4, 0.5) is 18.9 Å². The average molecular weight is 464 g/mol. The summed E-state index contributed by atoms with van der Waals surface area (Å²) >= 11 is 17.6. The van der Waals surface area contributed by atoms with Crippen LogP contribution in [-0.2, 0) is 4.79 Å². The Morgan fingerprint density at radius 2 is 1.66 bits per heavy atom. The number of carbonyl (C=O) groups is 1. The summed E-state index contributed by atoms with van der Waals surface area (Å²) in [6.45, 7) is 0. The van der Waals surface area contributed by atoms with Gasteiger partial charge in [0.25, 0.3) is 0 Å². The summed E-state index contributed by atoms with van der Waals surface area (Å²) in [5.41, 5.74) is 6.46. The lowest BCUT2D eigenvalue weighted by Gasteiger charge is -2.18. The van der Waals surface area contributed by atoms with E-state index < -0.39 is 12.1 Å². The maximum absolute atomic E-state index is 13.6. The summed E-state index contributed by atoms with van der Waals surface area (Å²) < 4.78 is 40.7. The van der Waals surface area contributed by atoms with Crippen molar-refractivity contribution < 1.29 is 18.0 Å². The van der Waals surface area contributed by atoms with Gasteiger partial charge in [-0.1, -0.05) is 59.1 Å². The fourth-order valence-corrected chi connectivity index (χ4v) is 3.24. The minimum absolute atomic E-state index is 0.0128. The van der Waals surface area contributed by atoms with Crippen molar-refractivity contribution in [1.82, 2.24) is 5.43 Å². The minimum Gasteiger partial charge on any atom is -0.299 e. The number of allylic oxidation sites excluding steroid dienone is 1. The topological polar surface area (TPSA) is 41.1 Å². The molecular formula is C20H16Cl3F3N2O. The molecule has 0 aromatic heterocycles. The largest absolute Gasteiger partial charge is 0.399 e. The first kappa shape index (κ1) is 21.8. The number of nitrogens with one attached hydrogen (secondary N) is 2. The van der Waals surface area contributed by atoms with Crippen molar-refractivity contribution in [1.29, 1.82) is 0 Å². The molecule has 0 radical (unpaired) electrons. The third kappa shape index (κ3) is 5.81. The normalized spacial score (nSPS) is 15.4. The molecule has 2 aromatic rings. The number of hydrazine groups is 1. The third-order valence-corrected chi connectivity index (χ3v) is 5.58. The maximum Gasteiger partial charge on any atom is 0.399 e. The smallest absolute Gasteiger partial charge is 0.299 e. The average Bonchev–Trinajstić information content (AvgIpc) is 3.49. The van der Waals surface area contributed by atoms with E-state index in [2.05, 4.69) is 10.9 Å². The highest BCUT2D eigenvalue weighted by Crippen LogP contribution is 2.41. The molecule has 0 spiro atoms. The SMILES string of the molecule is O=C(NNc1ccc(C=CC(c2cc(Cl)c(Cl)c(Cl)c2)C(F)(F)F)cc1)C1CC1. The second-order valence-corrected chi connectivity index (χ2v) is 7.88. The number of halogens is 6. The van der Waals surface area contributed by atoms with E-state index in [0.29, 0.717) is 11.3 Å². The molecule has 1 saturated carbocycles. The van der Waals surface area contributed by atoms with E-state index in [1.165, 1.54) is 6.08 Å². The summed E-state index contributed by atoms with van der Waals surface area (Å²) in [7, 11) is 0. The van der Waals surface area contributed by atoms with Crippen molar-refractivity contribution in [2.45, 2.75) is 24.9 Å². The highest BCUT2D eigenvalue weighted by Gasteiger charge is 2.39. The Kier molecular flexibility index (Phi) is 6.66. The molecule has 0 aliphatic heterocycles. The van der Waals surface area contributed by atoms with E-state index >= 15 is 0 Å². The Morgan fingerprint density at radius 1 is 1.07 bits per heavy atom. The second-order valence-electron chi connectivity index (χ2n) is 6.69. The van der Waals surface area contributed by atoms with Crippen LogP contribution in [0.15, 0.2) is 42.5 Å². The van der Waals surface area contributed by atoms with E-state index in [9.17, 15) is 18.0 Å². The van der Waals surface area contributed by atoms with Gasteiger partial charge in [0.15, 0.2) is 0 Å². The Morgan fingerprint density at radius 3 is 2.17 bits per heavy atom. The molecule has 0 heterocycles. The lowest BCUT2D eigenvalue weighted by atomic mass is 9.97. The zero-order chi connectivity index (χ0) is 21.2. The van der Waals surface area contributed by atoms with E-state index in [1.54, 1.807) is 24.3 Å². The number of alkyl halides is 3. The zero-order valence-corrected chi connectivity index (χ0v) is 17.1. The molecule has 1 aliphatic rings. The van der Waals surface area contributed by atoms with Gasteiger partial charge in [-0.25, -0.2) is 0 Å². The van der Waals surface area contributed by atoms with Gasteiger partial charge in [0.1, 0.15) is 0 Å². The fourth-order valence-electron chi connectivity index (χ4n) is 2.63. The Bertz CT molecular complexity index is 903. The first-order chi connectivity index (χ1) is 13.6. The molecular weight excluding hydrogens is 448 g/mol. The van der Waals surface area contributed by atoms with Gasteiger partial charge in [-0.2, -0.15) is 13.2 Å². The number of rotatable bonds is 6. The first-order valence-electron chi connectivity index (χ1n) is 8.70. The Hall–Kier alpha value is -1.89. The van der Waals surface area contributed by atoms with Crippen molar-refractivity contribution in [3.63, 3.8) is 0 Å². The van der Waals surface area contributed by atoms with E-state index in [-0.39, 0.29) is 32.5 Å². The molecule has 1 unspecified atom stereocenters. The lowest BCUT2D eigenvalue weighted by Crippen LogP contribution is -2.30. The van der Waals surface area contributed by atoms with Gasteiger partial charge in [0, 0.05) is 5.92 Å². The predicted molar refractivity (Wildman–Crippen MR) is 110 cm³/mol. The zero-order valence-electron chi connectivity index (χ0n) is 14.9. The molecule has 3 rings (SSSR count). The van der Waals surface area contributed by atoms with E-state index in [4.69, 9.17) is 34.8 Å². The first-order valence-corrected chi connectivity index (χ1v) is 9.84. The van der Waals surface area contributed by atoms with Crippen LogP contribution in [0.1, 0.15) is 29.9 Å². The molecule has 29 heavy (non-hydrogen) atoms. The van der Waals surface area contributed by atoms with Crippen LogP contribution in [0.25, 0.3) is 6.08 Å². The van der Waals surface area contributed by atoms with Gasteiger partial charge in [-0.3, -0.25) is 15.6 Å². The molecule has 9 heteroatoms. The molecule has 2 N–H and O–H groups in total. The van der Waals surface area contributed by atoms with Crippen molar-refractivity contribution in [2.24, 2.45) is 5.92 Å². The van der Waals surface area contributed by atoms with Crippen LogP contribution in [0, 0.1) is 5.92 Å². The Labute approximate surface area is 180 Å². The van der Waals surface area contributed by atoms with Crippen LogP contribution in [0.2, 0.25) is 15.1 Å². The van der Waals surface area contributed by atoms with Crippen LogP contribution in [-0.4, -0.2) is 12.1 Å². The fraction of sp³-hybridized carbons (Fsp3) is 0.250. The molecule has 3 nitrogen and oxygen atoms in total. The Balaban J connectivity index is 1.73. The van der Waals surface area contributed by atoms with Crippen LogP contribution in [0.5, 0.6) is 0 Å². The van der Waals surface area contributed by atoms with Crippen molar-refractivity contribution >= 4 is 52.5 Å². The molecule has 154 valence electrons. The highest BCUT2D eigenvalue weighted by atomic mass is 35.5. The second kappa shape index (κ2) is 8.86. The summed E-state index contributed by atoms with van der Waals surface area (Å²) in [6, 6.07) is 8.91. The van der Waals surface area contributed by atoms with Crippen LogP contribution < -0.4 is 10.9 Å². The number of hydrogen-bond acceptors (Lipinski definition) is 2. The third-order valence-electron chi connectivity index (χ3n) is 4.39. The van der Waals surface area contributed by atoms with Gasteiger partial charge < -0.3 is 0 Å². The molecule has 1 aliphatic carbocycles. The molecule has 0 bridgehead atoms. The maximum atomic E-state index is 13.6. The quantitative estimate of drug-likeness (QED) is 0.363. The summed E-state index contributed by atoms with van der Waals surface area (Å²) in [6.07, 6.45) is -0.358. The number of amides is 1. The summed E-state index contributed by atoms with van der Waals surface area (Å²) in [5, 5.41) is -0.0696. The van der Waals surface area contributed by atoms with Crippen LogP contribution >= 0.6 is 34.8 Å². The summed E-state index contributed by atoms with van der Waals surface area (Å²) in [5.74, 6) is -1.90. The molecule has 1 amide bonds. The number of benzene rings is 2. The molecule has 0 saturated heterocycles. The van der Waals surface area contributed by atoms with E-state index in [1.807, 2.05) is 0 Å². The van der Waals surface area contributed by atoms with Gasteiger partial charge in [-0.05, 0) is 48.2 Å². The van der Waals surface area contributed by atoms with Gasteiger partial charge in [0.2, 0.25) is 5.91 Å². The molecule has 2 aromatic carbocycles. The monoisotopic (exact) mass is 462 g/mol. The van der Waals surface area contributed by atoms with Crippen molar-refractivity contribution in [2.75, 3.05) is 5.43 Å². The lowest BCUT2D eigenvalue weighted by molar-refractivity contribution is -0.139. The number of anilines is 1. The molecule has 1 fully saturated rings. The van der Waals surface area contributed by atoms with Gasteiger partial charge in [0.05, 0.1) is 26.7 Å². The minimum atomic E-state index is -4.54. The number of hydrogen-bond donors (Lipinski definition) is 2. The molecule has 1 atom stereocenters. The standard InChI is InChI=1S/C20H16Cl3F3N2O/c21-16-9-13(10-17(22)18(16)23)15(20(24,25)26)8-3-11-1-6-14(7-2-11)27-28-19(29)12-4-5-12/h1-3,6-10,12,15,27H,4-5H2,(H,28,29). The predicted octanol–water partition coefficient (Wildman–Crippen LogP) is 6.86. The van der Waals surface area contributed by atoms with Crippen LogP contribution in [0.3, 0.4) is 0 Å². The number of carbonyl (C=O) groups excluding carboxylic acids is 1. The summed E-state index contributed by atoms with van der Waals surface area (Å²) in [4.78, 5) is 11.6. The van der Waals surface area contributed by atoms with Crippen molar-refractivity contribution in [3.8, 4) is 0 Å². The van der Waals surface area contributed by atoms with Crippen molar-refractivity contribution in [3.05, 3.63) is 68.7 Å². The van der Waals surface area contributed by atoms with Gasteiger partial charge >= 0.3 is 6.18 Å². The highest BCUT2D eigenvalue weighted by molar-refractivity contribution is 6.48.